The number of nitrogens with zero attached hydrogens (tertiary/aromatic N) is 2. The summed E-state index contributed by atoms with van der Waals surface area (Å²) in [4.78, 5) is 4.70. The van der Waals surface area contributed by atoms with Crippen LogP contribution in [0.4, 0.5) is 5.69 Å². The molecular weight excluding hydrogens is 472 g/mol. The van der Waals surface area contributed by atoms with Gasteiger partial charge in [-0.3, -0.25) is 4.72 Å². The van der Waals surface area contributed by atoms with Gasteiger partial charge < -0.3 is 15.0 Å². The van der Waals surface area contributed by atoms with Crippen molar-refractivity contribution < 1.29 is 13.5 Å². The van der Waals surface area contributed by atoms with Crippen LogP contribution in [0.5, 0.6) is 0 Å². The summed E-state index contributed by atoms with van der Waals surface area (Å²) in [7, 11) is -3.70. The van der Waals surface area contributed by atoms with E-state index in [0.29, 0.717) is 17.8 Å². The SMILES string of the molecule is CC(C)(CCn1cnc(-c2ccccc2)c1)NCC(O)c1cccc(NS(=O)(=O)c2ccccc2)c1. The highest BCUT2D eigenvalue weighted by atomic mass is 32.2. The number of aryl methyl sites for hydroxylation is 1. The van der Waals surface area contributed by atoms with E-state index in [0.717, 1.165) is 24.2 Å². The fraction of sp³-hybridized carbons (Fsp3) is 0.250. The molecule has 0 aliphatic carbocycles. The number of benzene rings is 3. The summed E-state index contributed by atoms with van der Waals surface area (Å²) in [6, 6.07) is 25.1. The molecule has 3 N–H and O–H groups in total. The molecule has 1 atom stereocenters. The third-order valence-electron chi connectivity index (χ3n) is 6.05. The Morgan fingerprint density at radius 3 is 2.39 bits per heavy atom. The van der Waals surface area contributed by atoms with Gasteiger partial charge in [-0.05, 0) is 50.1 Å². The van der Waals surface area contributed by atoms with E-state index in [-0.39, 0.29) is 10.4 Å². The Kier molecular flexibility index (Phi) is 7.88. The van der Waals surface area contributed by atoms with Crippen LogP contribution in [0.3, 0.4) is 0 Å². The number of aromatic nitrogens is 2. The second-order valence-corrected chi connectivity index (χ2v) is 11.1. The second-order valence-electron chi connectivity index (χ2n) is 9.44. The number of hydrogen-bond donors (Lipinski definition) is 3. The lowest BCUT2D eigenvalue weighted by Crippen LogP contribution is -2.42. The number of aliphatic hydroxyl groups is 1. The molecule has 0 fully saturated rings. The molecule has 1 heterocycles. The molecule has 36 heavy (non-hydrogen) atoms. The number of β-amino-alcohol motifs (C(OH)–C–C–N with tert-alkyl or cyclic N) is 1. The van der Waals surface area contributed by atoms with Gasteiger partial charge in [0.2, 0.25) is 0 Å². The van der Waals surface area contributed by atoms with E-state index in [2.05, 4.69) is 33.4 Å². The largest absolute Gasteiger partial charge is 0.387 e. The number of sulfonamides is 1. The van der Waals surface area contributed by atoms with Crippen LogP contribution in [0.25, 0.3) is 11.3 Å². The van der Waals surface area contributed by atoms with Gasteiger partial charge in [-0.25, -0.2) is 13.4 Å². The molecule has 4 aromatic rings. The zero-order valence-corrected chi connectivity index (χ0v) is 21.3. The van der Waals surface area contributed by atoms with E-state index < -0.39 is 16.1 Å². The molecule has 8 heteroatoms. The number of rotatable bonds is 11. The van der Waals surface area contributed by atoms with Crippen LogP contribution >= 0.6 is 0 Å². The monoisotopic (exact) mass is 504 g/mol. The van der Waals surface area contributed by atoms with Crippen LogP contribution in [-0.4, -0.2) is 35.2 Å². The second kappa shape index (κ2) is 11.1. The van der Waals surface area contributed by atoms with Gasteiger partial charge in [0.25, 0.3) is 10.0 Å². The van der Waals surface area contributed by atoms with Crippen molar-refractivity contribution in [1.82, 2.24) is 14.9 Å². The molecule has 188 valence electrons. The minimum Gasteiger partial charge on any atom is -0.387 e. The third kappa shape index (κ3) is 6.81. The Balaban J connectivity index is 1.31. The van der Waals surface area contributed by atoms with Crippen molar-refractivity contribution in [2.24, 2.45) is 0 Å². The molecule has 4 rings (SSSR count). The number of aliphatic hydroxyl groups excluding tert-OH is 1. The van der Waals surface area contributed by atoms with Gasteiger partial charge in [-0.15, -0.1) is 0 Å². The maximum absolute atomic E-state index is 12.6. The Morgan fingerprint density at radius 1 is 0.972 bits per heavy atom. The lowest BCUT2D eigenvalue weighted by atomic mass is 9.99. The summed E-state index contributed by atoms with van der Waals surface area (Å²) in [6.07, 6.45) is 3.93. The van der Waals surface area contributed by atoms with Gasteiger partial charge in [0.1, 0.15) is 0 Å². The Morgan fingerprint density at radius 2 is 1.67 bits per heavy atom. The summed E-state index contributed by atoms with van der Waals surface area (Å²) in [5.41, 5.74) is 2.84. The van der Waals surface area contributed by atoms with E-state index in [1.165, 1.54) is 0 Å². The highest BCUT2D eigenvalue weighted by Gasteiger charge is 2.20. The van der Waals surface area contributed by atoms with Crippen LogP contribution in [0.15, 0.2) is 102 Å². The summed E-state index contributed by atoms with van der Waals surface area (Å²) >= 11 is 0. The smallest absolute Gasteiger partial charge is 0.261 e. The quantitative estimate of drug-likeness (QED) is 0.272. The van der Waals surface area contributed by atoms with Gasteiger partial charge in [0, 0.05) is 36.1 Å². The van der Waals surface area contributed by atoms with E-state index in [9.17, 15) is 13.5 Å². The highest BCUT2D eigenvalue weighted by Crippen LogP contribution is 2.22. The zero-order valence-electron chi connectivity index (χ0n) is 20.5. The fourth-order valence-electron chi connectivity index (χ4n) is 3.85. The van der Waals surface area contributed by atoms with Crippen molar-refractivity contribution in [1.29, 1.82) is 0 Å². The van der Waals surface area contributed by atoms with Crippen molar-refractivity contribution in [3.63, 3.8) is 0 Å². The van der Waals surface area contributed by atoms with Crippen LogP contribution in [0.2, 0.25) is 0 Å². The molecule has 0 radical (unpaired) electrons. The number of nitrogens with one attached hydrogen (secondary N) is 2. The van der Waals surface area contributed by atoms with Gasteiger partial charge in [-0.1, -0.05) is 60.7 Å². The number of imidazole rings is 1. The van der Waals surface area contributed by atoms with Crippen molar-refractivity contribution >= 4 is 15.7 Å². The molecule has 0 saturated carbocycles. The first kappa shape index (κ1) is 25.6. The van der Waals surface area contributed by atoms with E-state index >= 15 is 0 Å². The molecule has 3 aromatic carbocycles. The number of hydrogen-bond acceptors (Lipinski definition) is 5. The zero-order chi connectivity index (χ0) is 25.6. The topological polar surface area (TPSA) is 96.2 Å². The molecule has 0 aliphatic heterocycles. The van der Waals surface area contributed by atoms with Crippen LogP contribution in [-0.2, 0) is 16.6 Å². The molecular formula is C28H32N4O3S. The first-order chi connectivity index (χ1) is 17.2. The molecule has 7 nitrogen and oxygen atoms in total. The third-order valence-corrected chi connectivity index (χ3v) is 7.45. The standard InChI is InChI=1S/C28H32N4O3S/c1-28(2,16-17-32-20-26(29-21-32)22-10-5-3-6-11-22)30-19-27(33)23-12-9-13-24(18-23)31-36(34,35)25-14-7-4-8-15-25/h3-15,18,20-21,27,30-31,33H,16-17,19H2,1-2H3. The lowest BCUT2D eigenvalue weighted by Gasteiger charge is -2.28. The number of anilines is 1. The average molecular weight is 505 g/mol. The maximum atomic E-state index is 12.6. The lowest BCUT2D eigenvalue weighted by molar-refractivity contribution is 0.158. The predicted octanol–water partition coefficient (Wildman–Crippen LogP) is 4.84. The van der Waals surface area contributed by atoms with Gasteiger partial charge in [-0.2, -0.15) is 0 Å². The van der Waals surface area contributed by atoms with Crippen LogP contribution in [0, 0.1) is 0 Å². The Labute approximate surface area is 212 Å². The van der Waals surface area contributed by atoms with Crippen LogP contribution < -0.4 is 10.0 Å². The molecule has 1 unspecified atom stereocenters. The molecule has 0 amide bonds. The first-order valence-electron chi connectivity index (χ1n) is 11.9. The summed E-state index contributed by atoms with van der Waals surface area (Å²) < 4.78 is 29.9. The van der Waals surface area contributed by atoms with E-state index in [1.54, 1.807) is 54.6 Å². The van der Waals surface area contributed by atoms with Gasteiger partial charge in [0.15, 0.2) is 0 Å². The van der Waals surface area contributed by atoms with Gasteiger partial charge >= 0.3 is 0 Å². The van der Waals surface area contributed by atoms with Gasteiger partial charge in [0.05, 0.1) is 23.0 Å². The van der Waals surface area contributed by atoms with E-state index in [4.69, 9.17) is 0 Å². The van der Waals surface area contributed by atoms with Crippen molar-refractivity contribution in [3.05, 3.63) is 103 Å². The molecule has 0 aliphatic rings. The first-order valence-corrected chi connectivity index (χ1v) is 13.4. The molecule has 0 saturated heterocycles. The summed E-state index contributed by atoms with van der Waals surface area (Å²) in [5, 5.41) is 14.2. The minimum absolute atomic E-state index is 0.188. The van der Waals surface area contributed by atoms with E-state index in [1.807, 2.05) is 42.9 Å². The minimum atomic E-state index is -3.70. The predicted molar refractivity (Wildman–Crippen MR) is 143 cm³/mol. The maximum Gasteiger partial charge on any atom is 0.261 e. The van der Waals surface area contributed by atoms with Crippen molar-refractivity contribution in [2.45, 2.75) is 43.4 Å². The Bertz CT molecular complexity index is 1370. The normalized spacial score (nSPS) is 12.9. The molecule has 1 aromatic heterocycles. The average Bonchev–Trinajstić information content (AvgIpc) is 3.37. The molecule has 0 spiro atoms. The van der Waals surface area contributed by atoms with Crippen molar-refractivity contribution in [3.8, 4) is 11.3 Å². The fourth-order valence-corrected chi connectivity index (χ4v) is 4.92. The summed E-state index contributed by atoms with van der Waals surface area (Å²) in [5.74, 6) is 0. The Hall–Kier alpha value is -3.46. The van der Waals surface area contributed by atoms with Crippen molar-refractivity contribution in [2.75, 3.05) is 11.3 Å². The highest BCUT2D eigenvalue weighted by molar-refractivity contribution is 7.92. The summed E-state index contributed by atoms with van der Waals surface area (Å²) in [6.45, 7) is 5.31. The van der Waals surface area contributed by atoms with Crippen LogP contribution in [0.1, 0.15) is 31.9 Å². The molecule has 0 bridgehead atoms.